The molecule has 1 unspecified atom stereocenters. The van der Waals surface area contributed by atoms with Crippen molar-refractivity contribution in [3.8, 4) is 11.3 Å². The van der Waals surface area contributed by atoms with Gasteiger partial charge < -0.3 is 25.1 Å². The van der Waals surface area contributed by atoms with Crippen LogP contribution in [0, 0.1) is 12.7 Å². The number of amides is 1. The van der Waals surface area contributed by atoms with Gasteiger partial charge in [-0.2, -0.15) is 0 Å². The number of hydrogen-bond donors (Lipinski definition) is 4. The monoisotopic (exact) mass is 490 g/mol. The van der Waals surface area contributed by atoms with Gasteiger partial charge in [-0.05, 0) is 54.3 Å². The number of furan rings is 1. The molecule has 0 aliphatic heterocycles. The molecule has 2 aromatic carbocycles. The molecule has 0 bridgehead atoms. The molecule has 0 radical (unpaired) electrons. The third-order valence-electron chi connectivity index (χ3n) is 5.86. The number of aliphatic carboxylic acids is 1. The fourth-order valence-electron chi connectivity index (χ4n) is 4.05. The molecular formula is C27H27FN4O4. The van der Waals surface area contributed by atoms with E-state index in [1.54, 1.807) is 31.5 Å². The zero-order valence-corrected chi connectivity index (χ0v) is 20.0. The first-order valence-electron chi connectivity index (χ1n) is 11.6. The maximum absolute atomic E-state index is 13.8. The molecule has 0 spiro atoms. The summed E-state index contributed by atoms with van der Waals surface area (Å²) in [5.74, 6) is -0.0304. The number of imidazole rings is 1. The van der Waals surface area contributed by atoms with Crippen LogP contribution < -0.4 is 10.6 Å². The van der Waals surface area contributed by atoms with Crippen LogP contribution in [-0.2, 0) is 24.2 Å². The van der Waals surface area contributed by atoms with Crippen molar-refractivity contribution < 1.29 is 23.5 Å². The van der Waals surface area contributed by atoms with Crippen molar-refractivity contribution in [2.75, 3.05) is 5.32 Å². The smallest absolute Gasteiger partial charge is 0.326 e. The van der Waals surface area contributed by atoms with Crippen LogP contribution in [0.2, 0.25) is 0 Å². The number of benzene rings is 2. The van der Waals surface area contributed by atoms with Gasteiger partial charge in [0.1, 0.15) is 23.4 Å². The second-order valence-electron chi connectivity index (χ2n) is 8.43. The summed E-state index contributed by atoms with van der Waals surface area (Å²) in [6.07, 6.45) is 3.93. The Bertz CT molecular complexity index is 1350. The molecular weight excluding hydrogens is 463 g/mol. The Morgan fingerprint density at radius 3 is 2.61 bits per heavy atom. The number of aromatic nitrogens is 2. The van der Waals surface area contributed by atoms with Crippen LogP contribution in [0.15, 0.2) is 65.3 Å². The van der Waals surface area contributed by atoms with E-state index in [1.807, 2.05) is 31.2 Å². The van der Waals surface area contributed by atoms with Gasteiger partial charge in [-0.3, -0.25) is 4.79 Å². The van der Waals surface area contributed by atoms with Gasteiger partial charge in [0.25, 0.3) is 5.91 Å². The second-order valence-corrected chi connectivity index (χ2v) is 8.43. The molecule has 0 fully saturated rings. The maximum atomic E-state index is 13.8. The summed E-state index contributed by atoms with van der Waals surface area (Å²) in [7, 11) is 0. The van der Waals surface area contributed by atoms with Gasteiger partial charge in [0, 0.05) is 29.9 Å². The largest absolute Gasteiger partial charge is 0.480 e. The lowest BCUT2D eigenvalue weighted by Crippen LogP contribution is -2.42. The van der Waals surface area contributed by atoms with Crippen LogP contribution in [0.3, 0.4) is 0 Å². The van der Waals surface area contributed by atoms with E-state index in [0.717, 1.165) is 16.9 Å². The SMILES string of the molecule is CCc1cc(F)cc(C)c1C(=O)NC(Cc1ccc(-c2ccc(CNc3ncc[nH]3)o2)cc1)C(=O)O. The van der Waals surface area contributed by atoms with Gasteiger partial charge in [-0.1, -0.05) is 31.2 Å². The summed E-state index contributed by atoms with van der Waals surface area (Å²) in [6, 6.07) is 12.5. The molecule has 4 aromatic rings. The van der Waals surface area contributed by atoms with Gasteiger partial charge in [-0.15, -0.1) is 0 Å². The highest BCUT2D eigenvalue weighted by atomic mass is 19.1. The Morgan fingerprint density at radius 2 is 1.94 bits per heavy atom. The first-order valence-corrected chi connectivity index (χ1v) is 11.6. The Balaban J connectivity index is 1.42. The molecule has 1 atom stereocenters. The Hall–Kier alpha value is -4.40. The van der Waals surface area contributed by atoms with E-state index in [2.05, 4.69) is 20.6 Å². The quantitative estimate of drug-likeness (QED) is 0.255. The maximum Gasteiger partial charge on any atom is 0.326 e. The van der Waals surface area contributed by atoms with Gasteiger partial charge in [-0.25, -0.2) is 14.2 Å². The molecule has 0 saturated heterocycles. The number of hydrogen-bond acceptors (Lipinski definition) is 5. The lowest BCUT2D eigenvalue weighted by Gasteiger charge is -2.17. The molecule has 0 saturated carbocycles. The van der Waals surface area contributed by atoms with Crippen molar-refractivity contribution in [3.05, 3.63) is 94.8 Å². The Labute approximate surface area is 207 Å². The number of anilines is 1. The van der Waals surface area contributed by atoms with Gasteiger partial charge in [0.05, 0.1) is 6.54 Å². The van der Waals surface area contributed by atoms with Crippen molar-refractivity contribution >= 4 is 17.8 Å². The van der Waals surface area contributed by atoms with Crippen molar-refractivity contribution in [1.82, 2.24) is 15.3 Å². The topological polar surface area (TPSA) is 120 Å². The molecule has 2 heterocycles. The lowest BCUT2D eigenvalue weighted by molar-refractivity contribution is -0.139. The molecule has 9 heteroatoms. The predicted octanol–water partition coefficient (Wildman–Crippen LogP) is 4.72. The van der Waals surface area contributed by atoms with Crippen molar-refractivity contribution in [2.24, 2.45) is 0 Å². The average molecular weight is 491 g/mol. The van der Waals surface area contributed by atoms with Crippen LogP contribution in [0.25, 0.3) is 11.3 Å². The van der Waals surface area contributed by atoms with E-state index < -0.39 is 23.7 Å². The highest BCUT2D eigenvalue weighted by Crippen LogP contribution is 2.24. The summed E-state index contributed by atoms with van der Waals surface area (Å²) < 4.78 is 19.6. The highest BCUT2D eigenvalue weighted by Gasteiger charge is 2.24. The molecule has 4 N–H and O–H groups in total. The average Bonchev–Trinajstić information content (AvgIpc) is 3.54. The molecule has 4 rings (SSSR count). The van der Waals surface area contributed by atoms with Crippen molar-refractivity contribution in [1.29, 1.82) is 0 Å². The first-order chi connectivity index (χ1) is 17.3. The number of aromatic amines is 1. The van der Waals surface area contributed by atoms with E-state index in [1.165, 1.54) is 12.1 Å². The molecule has 186 valence electrons. The minimum absolute atomic E-state index is 0.0968. The fourth-order valence-corrected chi connectivity index (χ4v) is 4.05. The van der Waals surface area contributed by atoms with Crippen LogP contribution in [0.1, 0.15) is 39.7 Å². The third kappa shape index (κ3) is 5.80. The van der Waals surface area contributed by atoms with E-state index in [0.29, 0.717) is 41.4 Å². The standard InChI is InChI=1S/C27H27FN4O4/c1-3-18-14-20(28)12-16(2)24(18)25(33)32-22(26(34)35)13-17-4-6-19(7-5-17)23-9-8-21(36-23)15-31-27-29-10-11-30-27/h4-12,14,22H,3,13,15H2,1-2H3,(H,32,33)(H,34,35)(H2,29,30,31). The number of nitrogens with zero attached hydrogens (tertiary/aromatic N) is 1. The lowest BCUT2D eigenvalue weighted by atomic mass is 9.98. The van der Waals surface area contributed by atoms with E-state index in [9.17, 15) is 19.1 Å². The number of carbonyl (C=O) groups is 2. The van der Waals surface area contributed by atoms with E-state index in [-0.39, 0.29) is 6.42 Å². The molecule has 1 amide bonds. The number of rotatable bonds is 10. The highest BCUT2D eigenvalue weighted by molar-refractivity contribution is 5.99. The van der Waals surface area contributed by atoms with Gasteiger partial charge >= 0.3 is 5.97 Å². The number of aryl methyl sites for hydroxylation is 2. The molecule has 0 aliphatic rings. The summed E-state index contributed by atoms with van der Waals surface area (Å²) in [5, 5.41) is 15.4. The van der Waals surface area contributed by atoms with Crippen molar-refractivity contribution in [2.45, 2.75) is 39.3 Å². The molecule has 36 heavy (non-hydrogen) atoms. The number of nitrogens with one attached hydrogen (secondary N) is 3. The van der Waals surface area contributed by atoms with E-state index in [4.69, 9.17) is 4.42 Å². The van der Waals surface area contributed by atoms with Gasteiger partial charge in [0.2, 0.25) is 0 Å². The van der Waals surface area contributed by atoms with Crippen LogP contribution in [-0.4, -0.2) is 33.0 Å². The summed E-state index contributed by atoms with van der Waals surface area (Å²) >= 11 is 0. The molecule has 0 aliphatic carbocycles. The summed E-state index contributed by atoms with van der Waals surface area (Å²) in [4.78, 5) is 31.9. The second kappa shape index (κ2) is 10.9. The normalized spacial score (nSPS) is 11.8. The van der Waals surface area contributed by atoms with Crippen LogP contribution >= 0.6 is 0 Å². The number of carboxylic acids is 1. The van der Waals surface area contributed by atoms with Gasteiger partial charge in [0.15, 0.2) is 5.95 Å². The van der Waals surface area contributed by atoms with Crippen molar-refractivity contribution in [3.63, 3.8) is 0 Å². The van der Waals surface area contributed by atoms with E-state index >= 15 is 0 Å². The first kappa shape index (κ1) is 24.7. The Kier molecular flexibility index (Phi) is 7.48. The van der Waals surface area contributed by atoms with Crippen LogP contribution in [0.4, 0.5) is 10.3 Å². The predicted molar refractivity (Wildman–Crippen MR) is 133 cm³/mol. The number of H-pyrrole nitrogens is 1. The number of halogens is 1. The molecule has 8 nitrogen and oxygen atoms in total. The zero-order chi connectivity index (χ0) is 25.7. The summed E-state index contributed by atoms with van der Waals surface area (Å²) in [6.45, 7) is 3.93. The number of carboxylic acid groups (broad SMARTS) is 1. The zero-order valence-electron chi connectivity index (χ0n) is 20.0. The molecule has 2 aromatic heterocycles. The number of carbonyl (C=O) groups excluding carboxylic acids is 1. The summed E-state index contributed by atoms with van der Waals surface area (Å²) in [5.41, 5.74) is 2.90. The minimum atomic E-state index is -1.15. The van der Waals surface area contributed by atoms with Crippen LogP contribution in [0.5, 0.6) is 0 Å². The Morgan fingerprint density at radius 1 is 1.17 bits per heavy atom. The minimum Gasteiger partial charge on any atom is -0.480 e. The fraction of sp³-hybridized carbons (Fsp3) is 0.222. The third-order valence-corrected chi connectivity index (χ3v) is 5.86.